The largest absolute Gasteiger partial charge is 0.451 e. The van der Waals surface area contributed by atoms with E-state index in [1.165, 1.54) is 7.05 Å². The van der Waals surface area contributed by atoms with Crippen molar-refractivity contribution in [2.45, 2.75) is 12.4 Å². The Morgan fingerprint density at radius 3 is 1.78 bits per heavy atom. The molecular weight excluding hydrogens is 350 g/mol. The summed E-state index contributed by atoms with van der Waals surface area (Å²) < 4.78 is 75.2. The fraction of sp³-hybridized carbons (Fsp3) is 0.250. The molecule has 0 aliphatic rings. The molecule has 0 spiro atoms. The maximum atomic E-state index is 12.7. The first-order valence-corrected chi connectivity index (χ1v) is 5.77. The van der Waals surface area contributed by atoms with Crippen molar-refractivity contribution >= 4 is 18.1 Å². The van der Waals surface area contributed by atoms with Gasteiger partial charge in [0.2, 0.25) is 5.82 Å². The summed E-state index contributed by atoms with van der Waals surface area (Å²) in [4.78, 5) is 9.60. The van der Waals surface area contributed by atoms with E-state index >= 15 is 0 Å². The number of hydrogen-bond donors (Lipinski definition) is 1. The van der Waals surface area contributed by atoms with Crippen molar-refractivity contribution in [3.8, 4) is 11.1 Å². The SMILES string of the molecule is CNc1cc(-c2cnc(C(F)(F)F)nc2)cnc1C(F)(F)F.Cl. The Hall–Kier alpha value is -2.10. The van der Waals surface area contributed by atoms with Gasteiger partial charge in [-0.2, -0.15) is 26.3 Å². The topological polar surface area (TPSA) is 50.7 Å². The van der Waals surface area contributed by atoms with Crippen LogP contribution in [0.1, 0.15) is 11.5 Å². The van der Waals surface area contributed by atoms with E-state index in [4.69, 9.17) is 0 Å². The van der Waals surface area contributed by atoms with Crippen LogP contribution in [0.15, 0.2) is 24.7 Å². The molecule has 0 bridgehead atoms. The molecule has 0 radical (unpaired) electrons. The molecule has 2 aromatic heterocycles. The van der Waals surface area contributed by atoms with Crippen molar-refractivity contribution < 1.29 is 26.3 Å². The molecule has 2 heterocycles. The average Bonchev–Trinajstić information content (AvgIpc) is 2.45. The number of rotatable bonds is 2. The first-order chi connectivity index (χ1) is 10.1. The predicted molar refractivity (Wildman–Crippen MR) is 72.1 cm³/mol. The van der Waals surface area contributed by atoms with Gasteiger partial charge < -0.3 is 5.32 Å². The van der Waals surface area contributed by atoms with Crippen LogP contribution in [0, 0.1) is 0 Å². The highest BCUT2D eigenvalue weighted by Crippen LogP contribution is 2.35. The summed E-state index contributed by atoms with van der Waals surface area (Å²) in [5.41, 5.74) is -1.15. The molecule has 0 unspecified atom stereocenters. The molecule has 1 N–H and O–H groups in total. The van der Waals surface area contributed by atoms with Crippen LogP contribution in [0.2, 0.25) is 0 Å². The number of aromatic nitrogens is 3. The monoisotopic (exact) mass is 358 g/mol. The van der Waals surface area contributed by atoms with E-state index in [2.05, 4.69) is 20.3 Å². The lowest BCUT2D eigenvalue weighted by molar-refractivity contribution is -0.145. The summed E-state index contributed by atoms with van der Waals surface area (Å²) in [5.74, 6) is -1.33. The minimum atomic E-state index is -4.69. The number of halogens is 7. The molecule has 2 aromatic rings. The Morgan fingerprint density at radius 1 is 0.826 bits per heavy atom. The average molecular weight is 359 g/mol. The zero-order valence-corrected chi connectivity index (χ0v) is 12.1. The van der Waals surface area contributed by atoms with Gasteiger partial charge in [0.05, 0.1) is 5.69 Å². The van der Waals surface area contributed by atoms with E-state index in [0.29, 0.717) is 0 Å². The molecule has 23 heavy (non-hydrogen) atoms. The third-order valence-corrected chi connectivity index (χ3v) is 2.66. The van der Waals surface area contributed by atoms with Crippen LogP contribution < -0.4 is 5.32 Å². The minimum absolute atomic E-state index is 0. The first kappa shape index (κ1) is 18.9. The highest BCUT2D eigenvalue weighted by Gasteiger charge is 2.36. The predicted octanol–water partition coefficient (Wildman–Crippen LogP) is 4.04. The Labute approximate surface area is 132 Å². The zero-order valence-electron chi connectivity index (χ0n) is 11.3. The van der Waals surface area contributed by atoms with E-state index in [9.17, 15) is 26.3 Å². The van der Waals surface area contributed by atoms with Crippen LogP contribution in [0.25, 0.3) is 11.1 Å². The summed E-state index contributed by atoms with van der Waals surface area (Å²) in [6.45, 7) is 0. The molecule has 4 nitrogen and oxygen atoms in total. The lowest BCUT2D eigenvalue weighted by Crippen LogP contribution is -2.12. The number of alkyl halides is 6. The number of nitrogens with zero attached hydrogens (tertiary/aromatic N) is 3. The summed E-state index contributed by atoms with van der Waals surface area (Å²) >= 11 is 0. The van der Waals surface area contributed by atoms with E-state index in [1.807, 2.05) is 0 Å². The molecule has 2 rings (SSSR count). The molecule has 11 heteroatoms. The lowest BCUT2D eigenvalue weighted by atomic mass is 10.1. The molecule has 0 atom stereocenters. The number of anilines is 1. The fourth-order valence-electron chi connectivity index (χ4n) is 1.66. The molecule has 0 aliphatic heterocycles. The van der Waals surface area contributed by atoms with Crippen molar-refractivity contribution in [2.75, 3.05) is 12.4 Å². The normalized spacial score (nSPS) is 11.8. The maximum Gasteiger partial charge on any atom is 0.451 e. The summed E-state index contributed by atoms with van der Waals surface area (Å²) in [6, 6.07) is 1.11. The highest BCUT2D eigenvalue weighted by atomic mass is 35.5. The highest BCUT2D eigenvalue weighted by molar-refractivity contribution is 5.85. The molecule has 126 valence electrons. The summed E-state index contributed by atoms with van der Waals surface area (Å²) in [7, 11) is 1.28. The maximum absolute atomic E-state index is 12.7. The molecule has 0 aliphatic carbocycles. The van der Waals surface area contributed by atoms with E-state index < -0.39 is 23.9 Å². The van der Waals surface area contributed by atoms with Gasteiger partial charge in [-0.25, -0.2) is 15.0 Å². The van der Waals surface area contributed by atoms with Gasteiger partial charge in [0, 0.05) is 36.8 Å². The molecule has 0 amide bonds. The van der Waals surface area contributed by atoms with Crippen LogP contribution in [-0.4, -0.2) is 22.0 Å². The van der Waals surface area contributed by atoms with E-state index in [0.717, 1.165) is 24.7 Å². The van der Waals surface area contributed by atoms with Crippen LogP contribution in [0.5, 0.6) is 0 Å². The van der Waals surface area contributed by atoms with Crippen LogP contribution in [0.4, 0.5) is 32.0 Å². The number of pyridine rings is 1. The van der Waals surface area contributed by atoms with E-state index in [1.54, 1.807) is 0 Å². The Kier molecular flexibility index (Phi) is 5.41. The van der Waals surface area contributed by atoms with Crippen molar-refractivity contribution in [3.63, 3.8) is 0 Å². The smallest absolute Gasteiger partial charge is 0.386 e. The van der Waals surface area contributed by atoms with Gasteiger partial charge in [0.15, 0.2) is 5.69 Å². The van der Waals surface area contributed by atoms with Gasteiger partial charge in [-0.05, 0) is 6.07 Å². The van der Waals surface area contributed by atoms with Crippen LogP contribution in [0.3, 0.4) is 0 Å². The molecule has 0 fully saturated rings. The van der Waals surface area contributed by atoms with Gasteiger partial charge in [-0.1, -0.05) is 0 Å². The summed E-state index contributed by atoms with van der Waals surface area (Å²) in [5, 5.41) is 2.34. The molecule has 0 aromatic carbocycles. The van der Waals surface area contributed by atoms with Crippen molar-refractivity contribution in [1.82, 2.24) is 15.0 Å². The van der Waals surface area contributed by atoms with Crippen LogP contribution >= 0.6 is 12.4 Å². The Balaban J connectivity index is 0.00000264. The standard InChI is InChI=1S/C12H8F6N4.ClH/c1-19-8-2-6(3-20-9(8)11(13,14)15)7-4-21-10(22-5-7)12(16,17)18;/h2-5,19H,1H3;1H. The van der Waals surface area contributed by atoms with Crippen molar-refractivity contribution in [1.29, 1.82) is 0 Å². The third-order valence-electron chi connectivity index (χ3n) is 2.66. The van der Waals surface area contributed by atoms with Crippen molar-refractivity contribution in [2.24, 2.45) is 0 Å². The Bertz CT molecular complexity index is 669. The molecular formula is C12H9ClF6N4. The van der Waals surface area contributed by atoms with Gasteiger partial charge in [-0.15, -0.1) is 12.4 Å². The molecule has 0 saturated carbocycles. The van der Waals surface area contributed by atoms with Crippen molar-refractivity contribution in [3.05, 3.63) is 36.2 Å². The number of hydrogen-bond acceptors (Lipinski definition) is 4. The Morgan fingerprint density at radius 2 is 1.35 bits per heavy atom. The third kappa shape index (κ3) is 4.21. The van der Waals surface area contributed by atoms with Crippen LogP contribution in [-0.2, 0) is 12.4 Å². The second-order valence-corrected chi connectivity index (χ2v) is 4.16. The summed E-state index contributed by atoms with van der Waals surface area (Å²) in [6.07, 6.45) is -6.69. The van der Waals surface area contributed by atoms with Gasteiger partial charge >= 0.3 is 12.4 Å². The molecule has 0 saturated heterocycles. The van der Waals surface area contributed by atoms with Gasteiger partial charge in [0.1, 0.15) is 0 Å². The second kappa shape index (κ2) is 6.57. The zero-order chi connectivity index (χ0) is 16.5. The van der Waals surface area contributed by atoms with Gasteiger partial charge in [0.25, 0.3) is 0 Å². The van der Waals surface area contributed by atoms with E-state index in [-0.39, 0.29) is 29.2 Å². The van der Waals surface area contributed by atoms with Gasteiger partial charge in [-0.3, -0.25) is 0 Å². The first-order valence-electron chi connectivity index (χ1n) is 5.77. The fourth-order valence-corrected chi connectivity index (χ4v) is 1.66. The minimum Gasteiger partial charge on any atom is -0.386 e. The number of nitrogens with one attached hydrogen (secondary N) is 1. The second-order valence-electron chi connectivity index (χ2n) is 4.16. The lowest BCUT2D eigenvalue weighted by Gasteiger charge is -2.13. The quantitative estimate of drug-likeness (QED) is 0.823.